The molecule has 0 radical (unpaired) electrons. The molecule has 5 heteroatoms. The first kappa shape index (κ1) is 12.9. The molecule has 0 saturated carbocycles. The molecule has 100 valence electrons. The average molecular weight is 249 g/mol. The number of aromatic nitrogens is 4. The summed E-state index contributed by atoms with van der Waals surface area (Å²) in [5.74, 6) is 1.13. The number of nitrogen functional groups attached to an aromatic ring is 1. The minimum absolute atomic E-state index is 0.370. The third-order valence-electron chi connectivity index (χ3n) is 3.62. The third kappa shape index (κ3) is 1.78. The number of imidazole rings is 1. The van der Waals surface area contributed by atoms with Gasteiger partial charge in [-0.05, 0) is 18.8 Å². The Bertz CT molecular complexity index is 549. The summed E-state index contributed by atoms with van der Waals surface area (Å²) in [6.07, 6.45) is 1.92. The molecule has 2 N–H and O–H groups in total. The number of fused-ring (bicyclic) bond motifs is 1. The molecule has 0 fully saturated rings. The number of anilines is 1. The van der Waals surface area contributed by atoms with Crippen LogP contribution in [0.25, 0.3) is 11.2 Å². The van der Waals surface area contributed by atoms with Gasteiger partial charge in [-0.15, -0.1) is 0 Å². The Morgan fingerprint density at radius 1 is 1.28 bits per heavy atom. The molecule has 0 aliphatic rings. The van der Waals surface area contributed by atoms with Crippen molar-refractivity contribution in [3.05, 3.63) is 5.69 Å². The van der Waals surface area contributed by atoms with Crippen LogP contribution in [0.5, 0.6) is 0 Å². The zero-order valence-electron chi connectivity index (χ0n) is 11.9. The zero-order valence-corrected chi connectivity index (χ0v) is 11.9. The van der Waals surface area contributed by atoms with E-state index < -0.39 is 0 Å². The van der Waals surface area contributed by atoms with E-state index in [2.05, 4.69) is 42.3 Å². The summed E-state index contributed by atoms with van der Waals surface area (Å²) in [7, 11) is 1.96. The molecular formula is C13H23N5. The van der Waals surface area contributed by atoms with Crippen LogP contribution in [-0.2, 0) is 13.5 Å². The van der Waals surface area contributed by atoms with Crippen molar-refractivity contribution in [3.8, 4) is 0 Å². The van der Waals surface area contributed by atoms with Crippen molar-refractivity contribution in [1.82, 2.24) is 19.3 Å². The molecular weight excluding hydrogens is 226 g/mol. The minimum Gasteiger partial charge on any atom is -0.369 e. The van der Waals surface area contributed by atoms with Gasteiger partial charge in [0.05, 0.1) is 5.69 Å². The molecule has 0 bridgehead atoms. The molecule has 18 heavy (non-hydrogen) atoms. The first-order chi connectivity index (χ1) is 8.51. The highest BCUT2D eigenvalue weighted by atomic mass is 15.4. The van der Waals surface area contributed by atoms with Crippen LogP contribution in [0.3, 0.4) is 0 Å². The van der Waals surface area contributed by atoms with Crippen LogP contribution < -0.4 is 5.73 Å². The molecule has 2 heterocycles. The summed E-state index contributed by atoms with van der Waals surface area (Å²) in [5.41, 5.74) is 9.14. The first-order valence-corrected chi connectivity index (χ1v) is 6.70. The Labute approximate surface area is 108 Å². The zero-order chi connectivity index (χ0) is 13.4. The Hall–Kier alpha value is -1.52. The van der Waals surface area contributed by atoms with Crippen molar-refractivity contribution in [3.63, 3.8) is 0 Å². The number of hydrogen-bond donors (Lipinski definition) is 1. The minimum atomic E-state index is 0.370. The number of rotatable bonds is 4. The Balaban J connectivity index is 2.70. The van der Waals surface area contributed by atoms with E-state index in [0.29, 0.717) is 17.9 Å². The lowest BCUT2D eigenvalue weighted by Crippen LogP contribution is -2.18. The molecule has 2 rings (SSSR count). The van der Waals surface area contributed by atoms with Crippen LogP contribution >= 0.6 is 0 Å². The quantitative estimate of drug-likeness (QED) is 0.905. The molecule has 0 aliphatic heterocycles. The van der Waals surface area contributed by atoms with Gasteiger partial charge in [0.25, 0.3) is 0 Å². The van der Waals surface area contributed by atoms with Crippen molar-refractivity contribution in [1.29, 1.82) is 0 Å². The second kappa shape index (κ2) is 4.63. The summed E-state index contributed by atoms with van der Waals surface area (Å²) < 4.78 is 4.05. The lowest BCUT2D eigenvalue weighted by Gasteiger charge is -2.22. The Morgan fingerprint density at radius 2 is 1.94 bits per heavy atom. The molecule has 2 aromatic rings. The largest absolute Gasteiger partial charge is 0.369 e. The summed E-state index contributed by atoms with van der Waals surface area (Å²) in [6, 6.07) is 0.370. The summed E-state index contributed by atoms with van der Waals surface area (Å²) in [4.78, 5) is 4.51. The van der Waals surface area contributed by atoms with Crippen molar-refractivity contribution in [2.75, 3.05) is 5.73 Å². The van der Waals surface area contributed by atoms with Crippen molar-refractivity contribution in [2.24, 2.45) is 13.0 Å². The summed E-state index contributed by atoms with van der Waals surface area (Å²) in [5, 5.41) is 4.52. The molecule has 0 aliphatic carbocycles. The molecule has 0 spiro atoms. The number of nitrogens with two attached hydrogens (primary N) is 1. The third-order valence-corrected chi connectivity index (χ3v) is 3.62. The number of nitrogens with zero attached hydrogens (tertiary/aromatic N) is 4. The Kier molecular flexibility index (Phi) is 3.32. The standard InChI is InChI=1S/C13H23N5/c1-6-9-11-12(17(5)16-9)18(13(14)15-11)10(7-2)8(3)4/h8,10H,6-7H2,1-5H3,(H2,14,15). The van der Waals surface area contributed by atoms with E-state index in [1.165, 1.54) is 0 Å². The highest BCUT2D eigenvalue weighted by Crippen LogP contribution is 2.30. The molecule has 0 aromatic carbocycles. The maximum atomic E-state index is 6.12. The highest BCUT2D eigenvalue weighted by molar-refractivity contribution is 5.78. The molecule has 2 aromatic heterocycles. The van der Waals surface area contributed by atoms with Crippen LogP contribution in [0.15, 0.2) is 0 Å². The van der Waals surface area contributed by atoms with Gasteiger partial charge in [0.1, 0.15) is 5.52 Å². The molecule has 1 atom stereocenters. The van der Waals surface area contributed by atoms with Crippen LogP contribution in [-0.4, -0.2) is 19.3 Å². The summed E-state index contributed by atoms with van der Waals surface area (Å²) in [6.45, 7) is 8.72. The van der Waals surface area contributed by atoms with E-state index in [4.69, 9.17) is 5.73 Å². The van der Waals surface area contributed by atoms with E-state index in [1.807, 2.05) is 11.7 Å². The Morgan fingerprint density at radius 3 is 2.44 bits per heavy atom. The van der Waals surface area contributed by atoms with Gasteiger partial charge in [0.15, 0.2) is 5.65 Å². The number of hydrogen-bond acceptors (Lipinski definition) is 3. The van der Waals surface area contributed by atoms with Gasteiger partial charge in [-0.25, -0.2) is 4.98 Å². The normalized spacial score (nSPS) is 13.7. The second-order valence-corrected chi connectivity index (χ2v) is 5.16. The maximum Gasteiger partial charge on any atom is 0.202 e. The lowest BCUT2D eigenvalue weighted by molar-refractivity contribution is 0.373. The SMILES string of the molecule is CCc1nn(C)c2c1nc(N)n2C(CC)C(C)C. The average Bonchev–Trinajstić information content (AvgIpc) is 2.79. The van der Waals surface area contributed by atoms with E-state index in [0.717, 1.165) is 29.7 Å². The van der Waals surface area contributed by atoms with Crippen molar-refractivity contribution >= 4 is 17.1 Å². The van der Waals surface area contributed by atoms with Gasteiger partial charge in [-0.2, -0.15) is 5.10 Å². The molecule has 0 amide bonds. The van der Waals surface area contributed by atoms with Crippen LogP contribution in [0, 0.1) is 5.92 Å². The van der Waals surface area contributed by atoms with E-state index in [-0.39, 0.29) is 0 Å². The van der Waals surface area contributed by atoms with Gasteiger partial charge in [-0.3, -0.25) is 9.25 Å². The summed E-state index contributed by atoms with van der Waals surface area (Å²) >= 11 is 0. The fourth-order valence-corrected chi connectivity index (χ4v) is 2.74. The van der Waals surface area contributed by atoms with Crippen LogP contribution in [0.2, 0.25) is 0 Å². The smallest absolute Gasteiger partial charge is 0.202 e. The lowest BCUT2D eigenvalue weighted by atomic mass is 10.0. The van der Waals surface area contributed by atoms with E-state index in [1.54, 1.807) is 0 Å². The van der Waals surface area contributed by atoms with Gasteiger partial charge in [0.2, 0.25) is 5.95 Å². The topological polar surface area (TPSA) is 61.7 Å². The second-order valence-electron chi connectivity index (χ2n) is 5.16. The fraction of sp³-hybridized carbons (Fsp3) is 0.692. The molecule has 5 nitrogen and oxygen atoms in total. The fourth-order valence-electron chi connectivity index (χ4n) is 2.74. The van der Waals surface area contributed by atoms with E-state index >= 15 is 0 Å². The maximum absolute atomic E-state index is 6.12. The highest BCUT2D eigenvalue weighted by Gasteiger charge is 2.23. The van der Waals surface area contributed by atoms with Gasteiger partial charge >= 0.3 is 0 Å². The van der Waals surface area contributed by atoms with Crippen LogP contribution in [0.4, 0.5) is 5.95 Å². The monoisotopic (exact) mass is 249 g/mol. The number of aryl methyl sites for hydroxylation is 2. The molecule has 1 unspecified atom stereocenters. The van der Waals surface area contributed by atoms with Gasteiger partial charge < -0.3 is 5.73 Å². The van der Waals surface area contributed by atoms with Crippen molar-refractivity contribution in [2.45, 2.75) is 46.6 Å². The van der Waals surface area contributed by atoms with E-state index in [9.17, 15) is 0 Å². The predicted molar refractivity (Wildman–Crippen MR) is 74.5 cm³/mol. The van der Waals surface area contributed by atoms with Crippen LogP contribution in [0.1, 0.15) is 45.9 Å². The van der Waals surface area contributed by atoms with Gasteiger partial charge in [0, 0.05) is 13.1 Å². The van der Waals surface area contributed by atoms with Crippen molar-refractivity contribution < 1.29 is 0 Å². The molecule has 0 saturated heterocycles. The predicted octanol–water partition coefficient (Wildman–Crippen LogP) is 2.52. The van der Waals surface area contributed by atoms with Gasteiger partial charge in [-0.1, -0.05) is 27.7 Å². The first-order valence-electron chi connectivity index (χ1n) is 6.70.